The Balaban J connectivity index is 0.00000341. The number of rotatable bonds is 7. The van der Waals surface area contributed by atoms with Gasteiger partial charge in [-0.2, -0.15) is 0 Å². The van der Waals surface area contributed by atoms with Crippen LogP contribution in [0.15, 0.2) is 54.6 Å². The molecule has 1 aliphatic rings. The zero-order valence-electron chi connectivity index (χ0n) is 17.8. The molecule has 0 radical (unpaired) electrons. The summed E-state index contributed by atoms with van der Waals surface area (Å²) in [5.41, 5.74) is 2.55. The molecule has 0 saturated heterocycles. The first-order valence-corrected chi connectivity index (χ1v) is 11.5. The van der Waals surface area contributed by atoms with Crippen LogP contribution in [0.25, 0.3) is 0 Å². The van der Waals surface area contributed by atoms with E-state index in [0.717, 1.165) is 24.0 Å². The summed E-state index contributed by atoms with van der Waals surface area (Å²) in [5.74, 6) is 0.403. The van der Waals surface area contributed by atoms with E-state index < -0.39 is 21.5 Å². The van der Waals surface area contributed by atoms with Crippen LogP contribution in [0, 0.1) is 5.92 Å². The fraction of sp³-hybridized carbons (Fsp3) is 0.391. The predicted octanol–water partition coefficient (Wildman–Crippen LogP) is 0.752. The van der Waals surface area contributed by atoms with Crippen LogP contribution in [0.5, 0.6) is 11.5 Å². The largest absolute Gasteiger partial charge is 1.00 e. The van der Waals surface area contributed by atoms with E-state index in [-0.39, 0.29) is 65.7 Å². The molecule has 31 heavy (non-hydrogen) atoms. The van der Waals surface area contributed by atoms with Gasteiger partial charge in [0.25, 0.3) is 0 Å². The Kier molecular flexibility index (Phi) is 9.18. The molecule has 0 fully saturated rings. The van der Waals surface area contributed by atoms with Crippen LogP contribution in [-0.2, 0) is 16.5 Å². The molecule has 0 aliphatic heterocycles. The van der Waals surface area contributed by atoms with Crippen LogP contribution in [0.4, 0.5) is 0 Å². The Morgan fingerprint density at radius 3 is 2.42 bits per heavy atom. The van der Waals surface area contributed by atoms with Crippen molar-refractivity contribution in [1.82, 2.24) is 0 Å². The SMILES string of the molecule is CC1CCc2cc(O)ccc2C1CC(CC=CC(O)c1ccc(O)cc1)S(=O)(=O)[O-].[Na+]. The molecule has 4 atom stereocenters. The Morgan fingerprint density at radius 1 is 1.13 bits per heavy atom. The van der Waals surface area contributed by atoms with Crippen molar-refractivity contribution in [2.75, 3.05) is 0 Å². The van der Waals surface area contributed by atoms with Crippen molar-refractivity contribution in [2.45, 2.75) is 49.9 Å². The molecular weight excluding hydrogens is 427 g/mol. The van der Waals surface area contributed by atoms with Gasteiger partial charge >= 0.3 is 29.6 Å². The number of aryl methyl sites for hydroxylation is 1. The Bertz CT molecular complexity index is 1000. The average Bonchev–Trinajstić information content (AvgIpc) is 2.68. The molecule has 0 saturated carbocycles. The van der Waals surface area contributed by atoms with Crippen LogP contribution >= 0.6 is 0 Å². The quantitative estimate of drug-likeness (QED) is 0.323. The standard InChI is InChI=1S/C23H28O6S.Na/c1-15-5-6-17-13-19(25)11-12-21(17)22(15)14-20(30(27,28)29)3-2-4-23(26)16-7-9-18(24)10-8-16;/h2,4,7-13,15,20,22-26H,3,5-6,14H2,1H3,(H,27,28,29);/q;+1/p-1. The van der Waals surface area contributed by atoms with Crippen molar-refractivity contribution >= 4 is 10.1 Å². The molecule has 6 nitrogen and oxygen atoms in total. The maximum Gasteiger partial charge on any atom is 1.00 e. The normalized spacial score (nSPS) is 20.6. The average molecular weight is 455 g/mol. The minimum atomic E-state index is -4.53. The molecule has 0 spiro atoms. The summed E-state index contributed by atoms with van der Waals surface area (Å²) in [6.45, 7) is 2.05. The van der Waals surface area contributed by atoms with Crippen LogP contribution in [-0.4, -0.2) is 33.5 Å². The van der Waals surface area contributed by atoms with E-state index in [1.165, 1.54) is 24.3 Å². The maximum absolute atomic E-state index is 11.9. The molecule has 2 aromatic carbocycles. The van der Waals surface area contributed by atoms with Crippen molar-refractivity contribution in [3.63, 3.8) is 0 Å². The summed E-state index contributed by atoms with van der Waals surface area (Å²) in [4.78, 5) is 0. The summed E-state index contributed by atoms with van der Waals surface area (Å²) in [6, 6.07) is 11.2. The molecule has 162 valence electrons. The van der Waals surface area contributed by atoms with E-state index in [4.69, 9.17) is 0 Å². The molecule has 0 bridgehead atoms. The van der Waals surface area contributed by atoms with Crippen LogP contribution in [0.2, 0.25) is 0 Å². The molecule has 0 aromatic heterocycles. The number of phenols is 2. The number of allylic oxidation sites excluding steroid dienone is 1. The topological polar surface area (TPSA) is 118 Å². The van der Waals surface area contributed by atoms with Crippen LogP contribution in [0.1, 0.15) is 54.9 Å². The molecule has 0 amide bonds. The summed E-state index contributed by atoms with van der Waals surface area (Å²) >= 11 is 0. The number of hydrogen-bond donors (Lipinski definition) is 3. The Hall–Kier alpha value is -1.35. The van der Waals surface area contributed by atoms with Crippen LogP contribution in [0.3, 0.4) is 0 Å². The molecular formula is C23H27NaO6S. The minimum absolute atomic E-state index is 0. The van der Waals surface area contributed by atoms with Gasteiger partial charge in [0.05, 0.1) is 21.5 Å². The number of aromatic hydroxyl groups is 2. The second-order valence-corrected chi connectivity index (χ2v) is 9.71. The number of hydrogen-bond acceptors (Lipinski definition) is 6. The van der Waals surface area contributed by atoms with Crippen LogP contribution < -0.4 is 29.6 Å². The minimum Gasteiger partial charge on any atom is -0.748 e. The van der Waals surface area contributed by atoms with Gasteiger partial charge in [-0.3, -0.25) is 0 Å². The third-order valence-electron chi connectivity index (χ3n) is 5.96. The van der Waals surface area contributed by atoms with Gasteiger partial charge in [0, 0.05) is 0 Å². The zero-order valence-corrected chi connectivity index (χ0v) is 20.6. The fourth-order valence-corrected chi connectivity index (χ4v) is 4.97. The molecule has 0 heterocycles. The Morgan fingerprint density at radius 2 is 1.77 bits per heavy atom. The van der Waals surface area contributed by atoms with E-state index in [0.29, 0.717) is 5.56 Å². The zero-order chi connectivity index (χ0) is 21.9. The summed E-state index contributed by atoms with van der Waals surface area (Å²) in [5, 5.41) is 28.2. The smallest absolute Gasteiger partial charge is 0.748 e. The molecule has 4 unspecified atom stereocenters. The van der Waals surface area contributed by atoms with E-state index in [9.17, 15) is 28.3 Å². The second-order valence-electron chi connectivity index (χ2n) is 8.06. The third kappa shape index (κ3) is 6.81. The van der Waals surface area contributed by atoms with Crippen molar-refractivity contribution in [2.24, 2.45) is 5.92 Å². The second kappa shape index (κ2) is 11.0. The Labute approximate surface area is 205 Å². The first kappa shape index (κ1) is 25.9. The van der Waals surface area contributed by atoms with Crippen molar-refractivity contribution in [3.05, 3.63) is 71.3 Å². The van der Waals surface area contributed by atoms with Gasteiger partial charge in [-0.1, -0.05) is 37.3 Å². The number of aliphatic hydroxyl groups excluding tert-OH is 1. The van der Waals surface area contributed by atoms with Gasteiger partial charge in [-0.25, -0.2) is 8.42 Å². The fourth-order valence-electron chi connectivity index (χ4n) is 4.18. The summed E-state index contributed by atoms with van der Waals surface area (Å²) < 4.78 is 35.8. The first-order valence-electron chi connectivity index (χ1n) is 10.1. The number of benzene rings is 2. The van der Waals surface area contributed by atoms with E-state index in [2.05, 4.69) is 6.92 Å². The van der Waals surface area contributed by atoms with Gasteiger partial charge in [-0.05, 0) is 78.5 Å². The molecule has 3 rings (SSSR count). The van der Waals surface area contributed by atoms with Crippen molar-refractivity contribution < 1.29 is 57.8 Å². The van der Waals surface area contributed by atoms with Crippen molar-refractivity contribution in [1.29, 1.82) is 0 Å². The van der Waals surface area contributed by atoms with Gasteiger partial charge in [0.2, 0.25) is 0 Å². The first-order chi connectivity index (χ1) is 14.1. The summed E-state index contributed by atoms with van der Waals surface area (Å²) in [6.07, 6.45) is 3.92. The van der Waals surface area contributed by atoms with Gasteiger partial charge < -0.3 is 19.9 Å². The molecule has 1 aliphatic carbocycles. The summed E-state index contributed by atoms with van der Waals surface area (Å²) in [7, 11) is -4.53. The van der Waals surface area contributed by atoms with E-state index in [1.807, 2.05) is 6.07 Å². The predicted molar refractivity (Wildman–Crippen MR) is 113 cm³/mol. The van der Waals surface area contributed by atoms with E-state index >= 15 is 0 Å². The number of aliphatic hydroxyl groups is 1. The number of phenolic OH excluding ortho intramolecular Hbond substituents is 2. The van der Waals surface area contributed by atoms with Gasteiger partial charge in [0.1, 0.15) is 11.5 Å². The van der Waals surface area contributed by atoms with Gasteiger partial charge in [0.15, 0.2) is 0 Å². The van der Waals surface area contributed by atoms with Gasteiger partial charge in [-0.15, -0.1) is 0 Å². The third-order valence-corrected chi connectivity index (χ3v) is 7.16. The van der Waals surface area contributed by atoms with E-state index in [1.54, 1.807) is 24.3 Å². The molecule has 3 N–H and O–H groups in total. The monoisotopic (exact) mass is 454 g/mol. The molecule has 2 aromatic rings. The van der Waals surface area contributed by atoms with Crippen molar-refractivity contribution in [3.8, 4) is 11.5 Å². The molecule has 8 heteroatoms. The maximum atomic E-state index is 11.9. The number of fused-ring (bicyclic) bond motifs is 1.